The Balaban J connectivity index is 1.86. The predicted molar refractivity (Wildman–Crippen MR) is 102 cm³/mol. The third-order valence-corrected chi connectivity index (χ3v) is 4.56. The van der Waals surface area contributed by atoms with Crippen LogP contribution in [0.3, 0.4) is 0 Å². The molecule has 134 valence electrons. The highest BCUT2D eigenvalue weighted by Gasteiger charge is 2.16. The standard InChI is InChI=1S/C21H12FN5O/c22-18-6-2-1-4-16(18)19-10-17(15-5-3-8-23-21(15)25-19)20-14-7-9-27(28)12-13(14)11-24-26-20/h1-12H. The molecule has 7 heteroatoms. The van der Waals surface area contributed by atoms with Gasteiger partial charge in [0.2, 0.25) is 0 Å². The van der Waals surface area contributed by atoms with Crippen LogP contribution >= 0.6 is 0 Å². The molecule has 0 bridgehead atoms. The molecule has 28 heavy (non-hydrogen) atoms. The number of benzene rings is 1. The number of halogens is 1. The Bertz CT molecular complexity index is 1360. The maximum absolute atomic E-state index is 14.4. The lowest BCUT2D eigenvalue weighted by Gasteiger charge is -2.11. The van der Waals surface area contributed by atoms with Crippen LogP contribution in [0.15, 0.2) is 73.3 Å². The summed E-state index contributed by atoms with van der Waals surface area (Å²) >= 11 is 0. The van der Waals surface area contributed by atoms with Crippen LogP contribution in [0, 0.1) is 11.0 Å². The first-order chi connectivity index (χ1) is 13.7. The molecule has 0 unspecified atom stereocenters. The summed E-state index contributed by atoms with van der Waals surface area (Å²) in [5, 5.41) is 22.2. The van der Waals surface area contributed by atoms with E-state index in [0.29, 0.717) is 32.7 Å². The van der Waals surface area contributed by atoms with Crippen molar-refractivity contribution in [3.05, 3.63) is 84.3 Å². The Kier molecular flexibility index (Phi) is 3.65. The molecular weight excluding hydrogens is 357 g/mol. The van der Waals surface area contributed by atoms with Gasteiger partial charge in [-0.05, 0) is 30.3 Å². The predicted octanol–water partition coefficient (Wildman–Crippen LogP) is 3.68. The van der Waals surface area contributed by atoms with Crippen molar-refractivity contribution in [2.45, 2.75) is 0 Å². The maximum Gasteiger partial charge on any atom is 0.189 e. The molecule has 0 amide bonds. The van der Waals surface area contributed by atoms with E-state index >= 15 is 0 Å². The summed E-state index contributed by atoms with van der Waals surface area (Å²) in [6.45, 7) is 0. The van der Waals surface area contributed by atoms with Gasteiger partial charge in [-0.3, -0.25) is 0 Å². The van der Waals surface area contributed by atoms with Crippen LogP contribution in [0.4, 0.5) is 4.39 Å². The van der Waals surface area contributed by atoms with Gasteiger partial charge in [0, 0.05) is 34.2 Å². The van der Waals surface area contributed by atoms with Gasteiger partial charge in [-0.15, -0.1) is 5.10 Å². The van der Waals surface area contributed by atoms with Crippen LogP contribution in [0.1, 0.15) is 0 Å². The quantitative estimate of drug-likeness (QED) is 0.350. The van der Waals surface area contributed by atoms with Crippen molar-refractivity contribution < 1.29 is 9.12 Å². The van der Waals surface area contributed by atoms with E-state index in [-0.39, 0.29) is 5.82 Å². The summed E-state index contributed by atoms with van der Waals surface area (Å²) in [6.07, 6.45) is 6.02. The van der Waals surface area contributed by atoms with Gasteiger partial charge >= 0.3 is 0 Å². The lowest BCUT2D eigenvalue weighted by atomic mass is 10.0. The normalized spacial score (nSPS) is 11.2. The average molecular weight is 369 g/mol. The van der Waals surface area contributed by atoms with Crippen molar-refractivity contribution in [2.24, 2.45) is 0 Å². The number of hydrogen-bond donors (Lipinski definition) is 0. The van der Waals surface area contributed by atoms with Crippen molar-refractivity contribution in [2.75, 3.05) is 0 Å². The molecule has 0 aliphatic carbocycles. The maximum atomic E-state index is 14.4. The van der Waals surface area contributed by atoms with Gasteiger partial charge in [0.1, 0.15) is 11.5 Å². The summed E-state index contributed by atoms with van der Waals surface area (Å²) in [6, 6.07) is 13.6. The second-order valence-electron chi connectivity index (χ2n) is 6.28. The molecule has 4 aromatic heterocycles. The molecule has 5 aromatic rings. The van der Waals surface area contributed by atoms with E-state index in [2.05, 4.69) is 20.2 Å². The van der Waals surface area contributed by atoms with Crippen LogP contribution in [0.5, 0.6) is 0 Å². The van der Waals surface area contributed by atoms with Crippen LogP contribution in [-0.2, 0) is 0 Å². The zero-order valence-corrected chi connectivity index (χ0v) is 14.5. The molecule has 0 spiro atoms. The van der Waals surface area contributed by atoms with E-state index in [9.17, 15) is 9.60 Å². The lowest BCUT2D eigenvalue weighted by molar-refractivity contribution is -0.603. The van der Waals surface area contributed by atoms with Gasteiger partial charge in [0.25, 0.3) is 0 Å². The topological polar surface area (TPSA) is 78.5 Å². The van der Waals surface area contributed by atoms with E-state index in [4.69, 9.17) is 0 Å². The molecule has 0 aliphatic heterocycles. The van der Waals surface area contributed by atoms with E-state index in [1.165, 1.54) is 24.7 Å². The minimum absolute atomic E-state index is 0.368. The molecule has 0 saturated heterocycles. The second-order valence-corrected chi connectivity index (χ2v) is 6.28. The number of fused-ring (bicyclic) bond motifs is 2. The third-order valence-electron chi connectivity index (χ3n) is 4.56. The number of nitrogens with zero attached hydrogens (tertiary/aromatic N) is 5. The van der Waals surface area contributed by atoms with E-state index < -0.39 is 0 Å². The Morgan fingerprint density at radius 2 is 1.86 bits per heavy atom. The van der Waals surface area contributed by atoms with Crippen LogP contribution in [0.25, 0.3) is 44.3 Å². The molecule has 0 atom stereocenters. The van der Waals surface area contributed by atoms with Crippen LogP contribution in [0.2, 0.25) is 0 Å². The Morgan fingerprint density at radius 1 is 0.964 bits per heavy atom. The fourth-order valence-corrected chi connectivity index (χ4v) is 3.27. The first-order valence-corrected chi connectivity index (χ1v) is 8.56. The first-order valence-electron chi connectivity index (χ1n) is 8.56. The van der Waals surface area contributed by atoms with Gasteiger partial charge in [0.05, 0.1) is 17.3 Å². The highest BCUT2D eigenvalue weighted by Crippen LogP contribution is 2.33. The van der Waals surface area contributed by atoms with Crippen molar-refractivity contribution in [1.82, 2.24) is 20.2 Å². The summed E-state index contributed by atoms with van der Waals surface area (Å²) in [4.78, 5) is 8.87. The average Bonchev–Trinajstić information content (AvgIpc) is 2.72. The van der Waals surface area contributed by atoms with E-state index in [1.54, 1.807) is 42.6 Å². The SMILES string of the molecule is [O-][n+]1ccc2c(-c3cc(-c4ccccc4F)nc4ncccc34)nncc2c1. The zero-order valence-electron chi connectivity index (χ0n) is 14.5. The Labute approximate surface area is 158 Å². The van der Waals surface area contributed by atoms with E-state index in [1.807, 2.05) is 6.07 Å². The minimum atomic E-state index is -0.368. The van der Waals surface area contributed by atoms with Crippen LogP contribution in [-0.4, -0.2) is 20.2 Å². The number of hydrogen-bond acceptors (Lipinski definition) is 5. The van der Waals surface area contributed by atoms with Gasteiger partial charge in [0.15, 0.2) is 18.0 Å². The number of aromatic nitrogens is 5. The molecule has 0 radical (unpaired) electrons. The van der Waals surface area contributed by atoms with Crippen molar-refractivity contribution in [1.29, 1.82) is 0 Å². The van der Waals surface area contributed by atoms with Crippen LogP contribution < -0.4 is 4.73 Å². The number of rotatable bonds is 2. The van der Waals surface area contributed by atoms with Crippen molar-refractivity contribution in [3.8, 4) is 22.5 Å². The molecule has 0 saturated carbocycles. The van der Waals surface area contributed by atoms with Crippen molar-refractivity contribution in [3.63, 3.8) is 0 Å². The molecule has 1 aromatic carbocycles. The third kappa shape index (κ3) is 2.61. The van der Waals surface area contributed by atoms with Gasteiger partial charge in [-0.25, -0.2) is 14.4 Å². The highest BCUT2D eigenvalue weighted by molar-refractivity contribution is 6.02. The van der Waals surface area contributed by atoms with Gasteiger partial charge in [-0.1, -0.05) is 12.1 Å². The zero-order chi connectivity index (χ0) is 19.1. The molecule has 5 rings (SSSR count). The summed E-state index contributed by atoms with van der Waals surface area (Å²) in [5.41, 5.74) is 2.61. The summed E-state index contributed by atoms with van der Waals surface area (Å²) < 4.78 is 15.1. The van der Waals surface area contributed by atoms with Gasteiger partial charge in [-0.2, -0.15) is 9.83 Å². The molecular formula is C21H12FN5O. The Morgan fingerprint density at radius 3 is 2.75 bits per heavy atom. The van der Waals surface area contributed by atoms with Gasteiger partial charge < -0.3 is 5.21 Å². The Hall–Kier alpha value is -4.00. The van der Waals surface area contributed by atoms with Crippen molar-refractivity contribution >= 4 is 21.8 Å². The minimum Gasteiger partial charge on any atom is -0.619 e. The lowest BCUT2D eigenvalue weighted by Crippen LogP contribution is -2.23. The number of pyridine rings is 3. The molecule has 0 aliphatic rings. The fourth-order valence-electron chi connectivity index (χ4n) is 3.27. The molecule has 0 N–H and O–H groups in total. The highest BCUT2D eigenvalue weighted by atomic mass is 19.1. The summed E-state index contributed by atoms with van der Waals surface area (Å²) in [5.74, 6) is -0.368. The van der Waals surface area contributed by atoms with E-state index in [0.717, 1.165) is 16.3 Å². The smallest absolute Gasteiger partial charge is 0.189 e. The second kappa shape index (κ2) is 6.31. The molecule has 4 heterocycles. The monoisotopic (exact) mass is 369 g/mol. The molecule has 0 fully saturated rings. The first kappa shape index (κ1) is 16.2. The fraction of sp³-hybridized carbons (Fsp3) is 0. The summed E-state index contributed by atoms with van der Waals surface area (Å²) in [7, 11) is 0. The largest absolute Gasteiger partial charge is 0.619 e. The molecule has 6 nitrogen and oxygen atoms in total.